The first-order valence-corrected chi connectivity index (χ1v) is 14.1. The minimum atomic E-state index is 1.19. The molecule has 6 aromatic carbocycles. The number of para-hydroxylation sites is 3. The fraction of sp³-hybridized carbons (Fsp3) is 0. The predicted molar refractivity (Wildman–Crippen MR) is 168 cm³/mol. The van der Waals surface area contributed by atoms with Gasteiger partial charge in [0.15, 0.2) is 0 Å². The first-order chi connectivity index (χ1) is 19.4. The lowest BCUT2D eigenvalue weighted by Gasteiger charge is -2.11. The Morgan fingerprint density at radius 1 is 0.385 bits per heavy atom. The molecule has 0 N–H and O–H groups in total. The molecule has 0 amide bonds. The summed E-state index contributed by atoms with van der Waals surface area (Å²) in [5, 5.41) is 7.71. The van der Waals surface area contributed by atoms with E-state index in [1.165, 1.54) is 75.2 Å². The molecule has 0 saturated heterocycles. The standard InChI is InChI=1S/C36H22N2S/c1-2-12-25(13-3-1)37-32-17-9-7-15-29(32)35-34(37)30-21-20-28-27-14-6-8-16-31(27)38(33(28)36(30)39-35)26-19-18-23-10-4-5-11-24(23)22-26/h1-22H. The molecule has 2 nitrogen and oxygen atoms in total. The van der Waals surface area contributed by atoms with Crippen LogP contribution in [0.2, 0.25) is 0 Å². The Kier molecular flexibility index (Phi) is 4.24. The van der Waals surface area contributed by atoms with E-state index in [1.807, 2.05) is 11.3 Å². The molecule has 3 heteroatoms. The highest BCUT2D eigenvalue weighted by molar-refractivity contribution is 7.27. The first kappa shape index (κ1) is 21.1. The van der Waals surface area contributed by atoms with Gasteiger partial charge in [0.05, 0.1) is 31.5 Å². The van der Waals surface area contributed by atoms with Gasteiger partial charge in [-0.15, -0.1) is 11.3 Å². The van der Waals surface area contributed by atoms with Crippen LogP contribution in [0.4, 0.5) is 0 Å². The summed E-state index contributed by atoms with van der Waals surface area (Å²) in [4.78, 5) is 0. The van der Waals surface area contributed by atoms with Crippen molar-refractivity contribution >= 4 is 75.1 Å². The van der Waals surface area contributed by atoms with E-state index in [4.69, 9.17) is 0 Å². The Hall–Kier alpha value is -4.86. The van der Waals surface area contributed by atoms with Crippen LogP contribution in [0.25, 0.3) is 75.2 Å². The second kappa shape index (κ2) is 7.83. The van der Waals surface area contributed by atoms with Crippen LogP contribution < -0.4 is 0 Å². The monoisotopic (exact) mass is 514 g/mol. The summed E-state index contributed by atoms with van der Waals surface area (Å²) in [7, 11) is 0. The van der Waals surface area contributed by atoms with E-state index in [2.05, 4.69) is 143 Å². The number of rotatable bonds is 2. The van der Waals surface area contributed by atoms with Gasteiger partial charge < -0.3 is 9.13 Å². The van der Waals surface area contributed by atoms with E-state index in [0.717, 1.165) is 0 Å². The lowest BCUT2D eigenvalue weighted by atomic mass is 10.1. The van der Waals surface area contributed by atoms with Crippen molar-refractivity contribution in [3.05, 3.63) is 133 Å². The number of nitrogens with zero attached hydrogens (tertiary/aromatic N) is 2. The van der Waals surface area contributed by atoms with Crippen molar-refractivity contribution in [1.82, 2.24) is 9.13 Å². The molecular formula is C36H22N2S. The van der Waals surface area contributed by atoms with Gasteiger partial charge in [-0.3, -0.25) is 0 Å². The van der Waals surface area contributed by atoms with E-state index >= 15 is 0 Å². The molecule has 0 saturated carbocycles. The Bertz CT molecular complexity index is 2390. The molecule has 0 radical (unpaired) electrons. The maximum atomic E-state index is 2.48. The van der Waals surface area contributed by atoms with Crippen LogP contribution in [-0.2, 0) is 0 Å². The van der Waals surface area contributed by atoms with Crippen molar-refractivity contribution in [3.63, 3.8) is 0 Å². The molecule has 0 aliphatic carbocycles. The molecule has 0 aliphatic heterocycles. The molecule has 39 heavy (non-hydrogen) atoms. The van der Waals surface area contributed by atoms with Crippen molar-refractivity contribution in [3.8, 4) is 11.4 Å². The van der Waals surface area contributed by atoms with Crippen molar-refractivity contribution in [2.24, 2.45) is 0 Å². The van der Waals surface area contributed by atoms with Gasteiger partial charge in [-0.1, -0.05) is 97.1 Å². The zero-order valence-electron chi connectivity index (χ0n) is 21.0. The molecule has 9 rings (SSSR count). The van der Waals surface area contributed by atoms with Gasteiger partial charge in [0.2, 0.25) is 0 Å². The zero-order valence-corrected chi connectivity index (χ0v) is 21.8. The normalized spacial score (nSPS) is 12.1. The third-order valence-electron chi connectivity index (χ3n) is 8.08. The summed E-state index contributed by atoms with van der Waals surface area (Å²) in [6.45, 7) is 0. The molecule has 0 bridgehead atoms. The summed E-state index contributed by atoms with van der Waals surface area (Å²) in [6.07, 6.45) is 0. The minimum absolute atomic E-state index is 1.19. The first-order valence-electron chi connectivity index (χ1n) is 13.3. The van der Waals surface area contributed by atoms with E-state index in [9.17, 15) is 0 Å². The number of benzene rings is 6. The van der Waals surface area contributed by atoms with Crippen molar-refractivity contribution in [2.75, 3.05) is 0 Å². The number of hydrogen-bond donors (Lipinski definition) is 0. The maximum Gasteiger partial charge on any atom is 0.0728 e. The van der Waals surface area contributed by atoms with Gasteiger partial charge in [0.1, 0.15) is 0 Å². The summed E-state index contributed by atoms with van der Waals surface area (Å²) in [6, 6.07) is 48.5. The van der Waals surface area contributed by atoms with Crippen LogP contribution in [-0.4, -0.2) is 9.13 Å². The topological polar surface area (TPSA) is 9.86 Å². The number of aromatic nitrogens is 2. The summed E-state index contributed by atoms with van der Waals surface area (Å²) in [5.74, 6) is 0. The van der Waals surface area contributed by atoms with Crippen LogP contribution in [0.15, 0.2) is 133 Å². The van der Waals surface area contributed by atoms with Crippen LogP contribution in [0, 0.1) is 0 Å². The number of hydrogen-bond acceptors (Lipinski definition) is 1. The average Bonchev–Trinajstić information content (AvgIpc) is 3.64. The molecule has 0 unspecified atom stereocenters. The van der Waals surface area contributed by atoms with Gasteiger partial charge in [-0.2, -0.15) is 0 Å². The summed E-state index contributed by atoms with van der Waals surface area (Å²) in [5.41, 5.74) is 7.46. The van der Waals surface area contributed by atoms with Gasteiger partial charge in [-0.25, -0.2) is 0 Å². The Labute approximate surface area is 228 Å². The van der Waals surface area contributed by atoms with Gasteiger partial charge in [-0.05, 0) is 47.2 Å². The van der Waals surface area contributed by atoms with E-state index in [1.54, 1.807) is 0 Å². The molecule has 9 aromatic rings. The third-order valence-corrected chi connectivity index (χ3v) is 9.32. The van der Waals surface area contributed by atoms with Gasteiger partial charge >= 0.3 is 0 Å². The fourth-order valence-corrected chi connectivity index (χ4v) is 7.76. The minimum Gasteiger partial charge on any atom is -0.308 e. The van der Waals surface area contributed by atoms with Crippen molar-refractivity contribution in [2.45, 2.75) is 0 Å². The lowest BCUT2D eigenvalue weighted by molar-refractivity contribution is 1.19. The number of fused-ring (bicyclic) bond motifs is 10. The van der Waals surface area contributed by atoms with Crippen molar-refractivity contribution < 1.29 is 0 Å². The molecule has 0 atom stereocenters. The second-order valence-corrected chi connectivity index (χ2v) is 11.2. The Morgan fingerprint density at radius 3 is 1.82 bits per heavy atom. The molecule has 0 fully saturated rings. The third kappa shape index (κ3) is 2.85. The molecule has 3 heterocycles. The number of thiophene rings is 1. The summed E-state index contributed by atoms with van der Waals surface area (Å²) >= 11 is 1.92. The quantitative estimate of drug-likeness (QED) is 0.217. The summed E-state index contributed by atoms with van der Waals surface area (Å²) < 4.78 is 7.59. The van der Waals surface area contributed by atoms with Gasteiger partial charge in [0.25, 0.3) is 0 Å². The average molecular weight is 515 g/mol. The smallest absolute Gasteiger partial charge is 0.0728 e. The highest BCUT2D eigenvalue weighted by Gasteiger charge is 2.22. The van der Waals surface area contributed by atoms with E-state index in [-0.39, 0.29) is 0 Å². The largest absolute Gasteiger partial charge is 0.308 e. The van der Waals surface area contributed by atoms with E-state index in [0.29, 0.717) is 0 Å². The molecule has 3 aromatic heterocycles. The van der Waals surface area contributed by atoms with Crippen LogP contribution in [0.3, 0.4) is 0 Å². The Balaban J connectivity index is 1.48. The lowest BCUT2D eigenvalue weighted by Crippen LogP contribution is -1.94. The molecule has 0 spiro atoms. The van der Waals surface area contributed by atoms with Gasteiger partial charge in [0, 0.05) is 32.9 Å². The van der Waals surface area contributed by atoms with Crippen LogP contribution >= 0.6 is 11.3 Å². The maximum absolute atomic E-state index is 2.48. The molecule has 182 valence electrons. The highest BCUT2D eigenvalue weighted by Crippen LogP contribution is 2.47. The fourth-order valence-electron chi connectivity index (χ4n) is 6.40. The second-order valence-electron chi connectivity index (χ2n) is 10.2. The van der Waals surface area contributed by atoms with Crippen LogP contribution in [0.5, 0.6) is 0 Å². The van der Waals surface area contributed by atoms with E-state index < -0.39 is 0 Å². The molecule has 0 aliphatic rings. The zero-order chi connectivity index (χ0) is 25.5. The predicted octanol–water partition coefficient (Wildman–Crippen LogP) is 10.2. The highest BCUT2D eigenvalue weighted by atomic mass is 32.1. The van der Waals surface area contributed by atoms with Crippen LogP contribution in [0.1, 0.15) is 0 Å². The SMILES string of the molecule is c1ccc(-n2c3ccccc3c3sc4c(ccc5c6ccccc6n(-c6ccc7ccccc7c6)c54)c32)cc1. The Morgan fingerprint density at radius 2 is 0.974 bits per heavy atom. The van der Waals surface area contributed by atoms with Crippen molar-refractivity contribution in [1.29, 1.82) is 0 Å². The molecular weight excluding hydrogens is 492 g/mol.